The Hall–Kier alpha value is -1.89. The Labute approximate surface area is 171 Å². The molecule has 1 saturated heterocycles. The Morgan fingerprint density at radius 3 is 2.32 bits per heavy atom. The summed E-state index contributed by atoms with van der Waals surface area (Å²) in [4.78, 5) is 12.9. The van der Waals surface area contributed by atoms with Crippen LogP contribution in [0.2, 0.25) is 5.02 Å². The first kappa shape index (κ1) is 20.8. The molecule has 150 valence electrons. The molecule has 0 unspecified atom stereocenters. The second-order valence-electron chi connectivity index (χ2n) is 7.40. The minimum atomic E-state index is -3.54. The molecular weight excluding hydrogens is 396 g/mol. The standard InChI is InChI=1S/C21H25ClN2O3S/c1-14-4-7-20(16(3)12-14)28(26,27)24-10-8-17(9-11-24)21(25)23-18-6-5-15(2)19(22)13-18/h4-7,12-13,17H,8-11H2,1-3H3,(H,23,25). The van der Waals surface area contributed by atoms with Crippen LogP contribution in [0.1, 0.15) is 29.5 Å². The van der Waals surface area contributed by atoms with Gasteiger partial charge in [-0.25, -0.2) is 8.42 Å². The summed E-state index contributed by atoms with van der Waals surface area (Å²) in [6, 6.07) is 10.8. The van der Waals surface area contributed by atoms with E-state index in [0.29, 0.717) is 41.5 Å². The lowest BCUT2D eigenvalue weighted by atomic mass is 9.97. The molecular formula is C21H25ClN2O3S. The van der Waals surface area contributed by atoms with E-state index < -0.39 is 10.0 Å². The van der Waals surface area contributed by atoms with E-state index in [1.807, 2.05) is 45.0 Å². The molecule has 0 aromatic heterocycles. The monoisotopic (exact) mass is 420 g/mol. The van der Waals surface area contributed by atoms with E-state index >= 15 is 0 Å². The predicted molar refractivity (Wildman–Crippen MR) is 112 cm³/mol. The summed E-state index contributed by atoms with van der Waals surface area (Å²) in [6.45, 7) is 6.33. The van der Waals surface area contributed by atoms with Gasteiger partial charge in [-0.2, -0.15) is 4.31 Å². The molecule has 1 fully saturated rings. The molecule has 0 bridgehead atoms. The van der Waals surface area contributed by atoms with Crippen LogP contribution >= 0.6 is 11.6 Å². The van der Waals surface area contributed by atoms with Crippen molar-refractivity contribution in [2.75, 3.05) is 18.4 Å². The number of benzene rings is 2. The molecule has 1 heterocycles. The Bertz CT molecular complexity index is 997. The van der Waals surface area contributed by atoms with Crippen molar-refractivity contribution in [1.29, 1.82) is 0 Å². The van der Waals surface area contributed by atoms with Crippen molar-refractivity contribution in [3.63, 3.8) is 0 Å². The number of anilines is 1. The Kier molecular flexibility index (Phi) is 6.12. The van der Waals surface area contributed by atoms with Gasteiger partial charge in [-0.3, -0.25) is 4.79 Å². The Morgan fingerprint density at radius 2 is 1.71 bits per heavy atom. The summed E-state index contributed by atoms with van der Waals surface area (Å²) in [5, 5.41) is 3.49. The van der Waals surface area contributed by atoms with E-state index in [0.717, 1.165) is 16.7 Å². The fraction of sp³-hybridized carbons (Fsp3) is 0.381. The molecule has 0 atom stereocenters. The molecule has 0 spiro atoms. The second-order valence-corrected chi connectivity index (χ2v) is 9.71. The quantitative estimate of drug-likeness (QED) is 0.801. The highest BCUT2D eigenvalue weighted by atomic mass is 35.5. The molecule has 0 aliphatic carbocycles. The maximum atomic E-state index is 13.0. The van der Waals surface area contributed by atoms with Crippen LogP contribution in [0.3, 0.4) is 0 Å². The van der Waals surface area contributed by atoms with Gasteiger partial charge in [0.05, 0.1) is 4.90 Å². The number of amides is 1. The number of rotatable bonds is 4. The van der Waals surface area contributed by atoms with Gasteiger partial charge in [0.1, 0.15) is 0 Å². The number of carbonyl (C=O) groups is 1. The molecule has 0 radical (unpaired) electrons. The van der Waals surface area contributed by atoms with Gasteiger partial charge in [-0.1, -0.05) is 35.4 Å². The third-order valence-corrected chi connectivity index (χ3v) is 7.68. The smallest absolute Gasteiger partial charge is 0.243 e. The fourth-order valence-corrected chi connectivity index (χ4v) is 5.36. The maximum absolute atomic E-state index is 13.0. The zero-order valence-electron chi connectivity index (χ0n) is 16.3. The van der Waals surface area contributed by atoms with Crippen molar-refractivity contribution < 1.29 is 13.2 Å². The van der Waals surface area contributed by atoms with Crippen LogP contribution in [-0.4, -0.2) is 31.7 Å². The summed E-state index contributed by atoms with van der Waals surface area (Å²) in [5.74, 6) is -0.311. The number of sulfonamides is 1. The fourth-order valence-electron chi connectivity index (χ4n) is 3.50. The van der Waals surface area contributed by atoms with Crippen molar-refractivity contribution >= 4 is 33.2 Å². The lowest BCUT2D eigenvalue weighted by Gasteiger charge is -2.31. The largest absolute Gasteiger partial charge is 0.326 e. The molecule has 7 heteroatoms. The highest BCUT2D eigenvalue weighted by Gasteiger charge is 2.32. The van der Waals surface area contributed by atoms with Gasteiger partial charge in [0.2, 0.25) is 15.9 Å². The Morgan fingerprint density at radius 1 is 1.04 bits per heavy atom. The van der Waals surface area contributed by atoms with Gasteiger partial charge in [0.25, 0.3) is 0 Å². The normalized spacial score (nSPS) is 16.1. The highest BCUT2D eigenvalue weighted by molar-refractivity contribution is 7.89. The molecule has 2 aromatic rings. The van der Waals surface area contributed by atoms with Crippen LogP contribution in [0.25, 0.3) is 0 Å². The van der Waals surface area contributed by atoms with Gasteiger partial charge < -0.3 is 5.32 Å². The van der Waals surface area contributed by atoms with Crippen molar-refractivity contribution in [3.8, 4) is 0 Å². The molecule has 0 saturated carbocycles. The van der Waals surface area contributed by atoms with Crippen LogP contribution in [0.5, 0.6) is 0 Å². The number of carbonyl (C=O) groups excluding carboxylic acids is 1. The number of nitrogens with one attached hydrogen (secondary N) is 1. The second kappa shape index (κ2) is 8.23. The van der Waals surface area contributed by atoms with Crippen molar-refractivity contribution in [3.05, 3.63) is 58.1 Å². The third-order valence-electron chi connectivity index (χ3n) is 5.21. The number of nitrogens with zero attached hydrogens (tertiary/aromatic N) is 1. The topological polar surface area (TPSA) is 66.5 Å². The first-order chi connectivity index (χ1) is 13.2. The molecule has 1 amide bonds. The van der Waals surface area contributed by atoms with Gasteiger partial charge in [0, 0.05) is 29.7 Å². The first-order valence-electron chi connectivity index (χ1n) is 9.33. The summed E-state index contributed by atoms with van der Waals surface area (Å²) >= 11 is 6.11. The summed E-state index contributed by atoms with van der Waals surface area (Å²) < 4.78 is 27.4. The van der Waals surface area contributed by atoms with Crippen LogP contribution in [0, 0.1) is 26.7 Å². The molecule has 3 rings (SSSR count). The van der Waals surface area contributed by atoms with Crippen molar-refractivity contribution in [2.45, 2.75) is 38.5 Å². The zero-order chi connectivity index (χ0) is 20.5. The minimum absolute atomic E-state index is 0.0940. The lowest BCUT2D eigenvalue weighted by molar-refractivity contribution is -0.120. The SMILES string of the molecule is Cc1ccc(S(=O)(=O)N2CCC(C(=O)Nc3ccc(C)c(Cl)c3)CC2)c(C)c1. The van der Waals surface area contributed by atoms with Crippen LogP contribution in [0.15, 0.2) is 41.3 Å². The number of aryl methyl sites for hydroxylation is 3. The minimum Gasteiger partial charge on any atom is -0.326 e. The van der Waals surface area contributed by atoms with Crippen LogP contribution in [-0.2, 0) is 14.8 Å². The van der Waals surface area contributed by atoms with E-state index in [2.05, 4.69) is 5.32 Å². The average molecular weight is 421 g/mol. The molecule has 28 heavy (non-hydrogen) atoms. The number of piperidine rings is 1. The van der Waals surface area contributed by atoms with Gasteiger partial charge in [-0.05, 0) is 62.9 Å². The number of hydrogen-bond donors (Lipinski definition) is 1. The van der Waals surface area contributed by atoms with Crippen molar-refractivity contribution in [2.24, 2.45) is 5.92 Å². The molecule has 2 aromatic carbocycles. The summed E-state index contributed by atoms with van der Waals surface area (Å²) in [7, 11) is -3.54. The molecule has 1 aliphatic heterocycles. The van der Waals surface area contributed by atoms with Crippen molar-refractivity contribution in [1.82, 2.24) is 4.31 Å². The molecule has 1 aliphatic rings. The summed E-state index contributed by atoms with van der Waals surface area (Å²) in [6.07, 6.45) is 0.991. The van der Waals surface area contributed by atoms with Gasteiger partial charge in [0.15, 0.2) is 0 Å². The zero-order valence-corrected chi connectivity index (χ0v) is 17.9. The Balaban J connectivity index is 1.64. The first-order valence-corrected chi connectivity index (χ1v) is 11.1. The van der Waals surface area contributed by atoms with E-state index in [-0.39, 0.29) is 11.8 Å². The van der Waals surface area contributed by atoms with E-state index in [1.165, 1.54) is 4.31 Å². The molecule has 5 nitrogen and oxygen atoms in total. The summed E-state index contributed by atoms with van der Waals surface area (Å²) in [5.41, 5.74) is 3.38. The maximum Gasteiger partial charge on any atom is 0.243 e. The van der Waals surface area contributed by atoms with E-state index in [4.69, 9.17) is 11.6 Å². The number of halogens is 1. The van der Waals surface area contributed by atoms with Crippen LogP contribution < -0.4 is 5.32 Å². The van der Waals surface area contributed by atoms with E-state index in [1.54, 1.807) is 12.1 Å². The average Bonchev–Trinajstić information content (AvgIpc) is 2.64. The van der Waals surface area contributed by atoms with E-state index in [9.17, 15) is 13.2 Å². The highest BCUT2D eigenvalue weighted by Crippen LogP contribution is 2.27. The number of hydrogen-bond acceptors (Lipinski definition) is 3. The predicted octanol–water partition coefficient (Wildman–Crippen LogP) is 4.30. The lowest BCUT2D eigenvalue weighted by Crippen LogP contribution is -2.41. The van der Waals surface area contributed by atoms with Gasteiger partial charge >= 0.3 is 0 Å². The molecule has 1 N–H and O–H groups in total. The van der Waals surface area contributed by atoms with Gasteiger partial charge in [-0.15, -0.1) is 0 Å². The third kappa shape index (κ3) is 4.40. The van der Waals surface area contributed by atoms with Crippen LogP contribution in [0.4, 0.5) is 5.69 Å².